The number of nitrogens with two attached hydrogens (primary N) is 1. The standard InChI is InChI=1S/C12H8Br2N4/c13-6-1-2-7(8(14)5-6)11-16-9-3-4-10(15)17-12(9)18-11/h1-5H,(H3,15,16,17,18). The maximum atomic E-state index is 5.64. The van der Waals surface area contributed by atoms with Crippen molar-refractivity contribution in [2.75, 3.05) is 5.73 Å². The Balaban J connectivity index is 2.19. The SMILES string of the molecule is Nc1ccc2[nH]c(-c3ccc(Br)cc3Br)nc2n1. The summed E-state index contributed by atoms with van der Waals surface area (Å²) in [5.41, 5.74) is 8.12. The molecule has 0 unspecified atom stereocenters. The lowest BCUT2D eigenvalue weighted by Gasteiger charge is -2.00. The second-order valence-electron chi connectivity index (χ2n) is 3.82. The fourth-order valence-electron chi connectivity index (χ4n) is 1.72. The van der Waals surface area contributed by atoms with Gasteiger partial charge in [-0.2, -0.15) is 0 Å². The molecule has 0 atom stereocenters. The number of rotatable bonds is 1. The van der Waals surface area contributed by atoms with Gasteiger partial charge in [-0.05, 0) is 46.3 Å². The fraction of sp³-hybridized carbons (Fsp3) is 0. The van der Waals surface area contributed by atoms with Gasteiger partial charge >= 0.3 is 0 Å². The molecule has 0 bridgehead atoms. The molecule has 0 amide bonds. The third-order valence-corrected chi connectivity index (χ3v) is 3.70. The number of hydrogen-bond acceptors (Lipinski definition) is 3. The van der Waals surface area contributed by atoms with Crippen LogP contribution in [0.5, 0.6) is 0 Å². The molecule has 2 aromatic heterocycles. The zero-order valence-electron chi connectivity index (χ0n) is 9.11. The first-order valence-corrected chi connectivity index (χ1v) is 6.80. The number of pyridine rings is 1. The molecule has 6 heteroatoms. The molecule has 3 N–H and O–H groups in total. The van der Waals surface area contributed by atoms with Gasteiger partial charge in [0.15, 0.2) is 5.65 Å². The summed E-state index contributed by atoms with van der Waals surface area (Å²) in [6.07, 6.45) is 0. The number of nitrogens with one attached hydrogen (secondary N) is 1. The molecule has 0 aliphatic heterocycles. The van der Waals surface area contributed by atoms with Gasteiger partial charge in [0, 0.05) is 14.5 Å². The van der Waals surface area contributed by atoms with Crippen molar-refractivity contribution in [3.8, 4) is 11.4 Å². The molecular weight excluding hydrogens is 360 g/mol. The summed E-state index contributed by atoms with van der Waals surface area (Å²) in [5.74, 6) is 1.23. The minimum absolute atomic E-state index is 0.468. The summed E-state index contributed by atoms with van der Waals surface area (Å²) in [5, 5.41) is 0. The summed E-state index contributed by atoms with van der Waals surface area (Å²) >= 11 is 6.94. The van der Waals surface area contributed by atoms with Crippen molar-refractivity contribution < 1.29 is 0 Å². The zero-order chi connectivity index (χ0) is 12.7. The normalized spacial score (nSPS) is 11.0. The van der Waals surface area contributed by atoms with Gasteiger partial charge in [-0.3, -0.25) is 0 Å². The average Bonchev–Trinajstić information content (AvgIpc) is 2.71. The van der Waals surface area contributed by atoms with E-state index in [9.17, 15) is 0 Å². The van der Waals surface area contributed by atoms with E-state index in [1.807, 2.05) is 24.3 Å². The summed E-state index contributed by atoms with van der Waals surface area (Å²) in [6.45, 7) is 0. The van der Waals surface area contributed by atoms with Crippen LogP contribution in [0.2, 0.25) is 0 Å². The molecule has 3 aromatic rings. The lowest BCUT2D eigenvalue weighted by molar-refractivity contribution is 1.30. The van der Waals surface area contributed by atoms with E-state index in [4.69, 9.17) is 5.73 Å². The minimum Gasteiger partial charge on any atom is -0.384 e. The van der Waals surface area contributed by atoms with Crippen LogP contribution >= 0.6 is 31.9 Å². The number of imidazole rings is 1. The molecule has 0 aliphatic carbocycles. The quantitative estimate of drug-likeness (QED) is 0.688. The summed E-state index contributed by atoms with van der Waals surface area (Å²) in [6, 6.07) is 9.55. The Labute approximate surface area is 120 Å². The number of benzene rings is 1. The Morgan fingerprint density at radius 1 is 1.06 bits per heavy atom. The lowest BCUT2D eigenvalue weighted by Crippen LogP contribution is -1.88. The first-order chi connectivity index (χ1) is 8.63. The number of aromatic nitrogens is 3. The van der Waals surface area contributed by atoms with Gasteiger partial charge in [-0.15, -0.1) is 0 Å². The topological polar surface area (TPSA) is 67.6 Å². The molecule has 90 valence electrons. The Morgan fingerprint density at radius 2 is 1.89 bits per heavy atom. The Morgan fingerprint density at radius 3 is 2.67 bits per heavy atom. The van der Waals surface area contributed by atoms with E-state index in [0.717, 1.165) is 25.8 Å². The van der Waals surface area contributed by atoms with Crippen LogP contribution in [-0.2, 0) is 0 Å². The van der Waals surface area contributed by atoms with E-state index >= 15 is 0 Å². The van der Waals surface area contributed by atoms with Crippen molar-refractivity contribution in [3.05, 3.63) is 39.3 Å². The maximum Gasteiger partial charge on any atom is 0.180 e. The van der Waals surface area contributed by atoms with Crippen LogP contribution in [0.3, 0.4) is 0 Å². The van der Waals surface area contributed by atoms with E-state index < -0.39 is 0 Å². The van der Waals surface area contributed by atoms with Crippen LogP contribution in [-0.4, -0.2) is 15.0 Å². The first kappa shape index (κ1) is 11.7. The Kier molecular flexibility index (Phi) is 2.83. The largest absolute Gasteiger partial charge is 0.384 e. The van der Waals surface area contributed by atoms with Gasteiger partial charge in [0.25, 0.3) is 0 Å². The second-order valence-corrected chi connectivity index (χ2v) is 5.59. The van der Waals surface area contributed by atoms with Crippen molar-refractivity contribution >= 4 is 48.8 Å². The van der Waals surface area contributed by atoms with Crippen molar-refractivity contribution in [3.63, 3.8) is 0 Å². The number of H-pyrrole nitrogens is 1. The van der Waals surface area contributed by atoms with Crippen LogP contribution in [0.1, 0.15) is 0 Å². The first-order valence-electron chi connectivity index (χ1n) is 5.21. The molecule has 3 rings (SSSR count). The molecule has 0 radical (unpaired) electrons. The molecule has 0 fully saturated rings. The second kappa shape index (κ2) is 4.37. The predicted octanol–water partition coefficient (Wildman–Crippen LogP) is 3.73. The highest BCUT2D eigenvalue weighted by Gasteiger charge is 2.09. The van der Waals surface area contributed by atoms with Crippen LogP contribution in [0, 0.1) is 0 Å². The van der Waals surface area contributed by atoms with E-state index in [1.165, 1.54) is 0 Å². The van der Waals surface area contributed by atoms with E-state index in [0.29, 0.717) is 11.5 Å². The van der Waals surface area contributed by atoms with E-state index in [-0.39, 0.29) is 0 Å². The highest BCUT2D eigenvalue weighted by molar-refractivity contribution is 9.11. The molecule has 2 heterocycles. The van der Waals surface area contributed by atoms with Crippen molar-refractivity contribution in [2.45, 2.75) is 0 Å². The van der Waals surface area contributed by atoms with Gasteiger partial charge in [-0.1, -0.05) is 15.9 Å². The van der Waals surface area contributed by atoms with Gasteiger partial charge in [0.1, 0.15) is 11.6 Å². The third kappa shape index (κ3) is 2.02. The average molecular weight is 368 g/mol. The van der Waals surface area contributed by atoms with Crippen molar-refractivity contribution in [1.82, 2.24) is 15.0 Å². The summed E-state index contributed by atoms with van der Waals surface area (Å²) in [4.78, 5) is 11.8. The van der Waals surface area contributed by atoms with Crippen LogP contribution in [0.15, 0.2) is 39.3 Å². The van der Waals surface area contributed by atoms with E-state index in [2.05, 4.69) is 46.8 Å². The number of anilines is 1. The van der Waals surface area contributed by atoms with E-state index in [1.54, 1.807) is 6.07 Å². The predicted molar refractivity (Wildman–Crippen MR) is 79.1 cm³/mol. The fourth-order valence-corrected chi connectivity index (χ4v) is 2.95. The van der Waals surface area contributed by atoms with Crippen molar-refractivity contribution in [2.24, 2.45) is 0 Å². The van der Waals surface area contributed by atoms with Crippen molar-refractivity contribution in [1.29, 1.82) is 0 Å². The number of nitrogens with zero attached hydrogens (tertiary/aromatic N) is 2. The maximum absolute atomic E-state index is 5.64. The van der Waals surface area contributed by atoms with Gasteiger partial charge < -0.3 is 10.7 Å². The molecule has 0 saturated heterocycles. The molecular formula is C12H8Br2N4. The molecule has 1 aromatic carbocycles. The van der Waals surface area contributed by atoms with Crippen LogP contribution in [0.4, 0.5) is 5.82 Å². The molecule has 18 heavy (non-hydrogen) atoms. The Bertz CT molecular complexity index is 736. The smallest absolute Gasteiger partial charge is 0.180 e. The van der Waals surface area contributed by atoms with Gasteiger partial charge in [0.05, 0.1) is 5.52 Å². The molecule has 0 saturated carbocycles. The van der Waals surface area contributed by atoms with Gasteiger partial charge in [0.2, 0.25) is 0 Å². The number of nitrogen functional groups attached to an aromatic ring is 1. The number of aromatic amines is 1. The minimum atomic E-state index is 0.468. The summed E-state index contributed by atoms with van der Waals surface area (Å²) < 4.78 is 1.97. The third-order valence-electron chi connectivity index (χ3n) is 2.55. The summed E-state index contributed by atoms with van der Waals surface area (Å²) in [7, 11) is 0. The number of fused-ring (bicyclic) bond motifs is 1. The lowest BCUT2D eigenvalue weighted by atomic mass is 10.2. The monoisotopic (exact) mass is 366 g/mol. The van der Waals surface area contributed by atoms with Gasteiger partial charge in [-0.25, -0.2) is 9.97 Å². The highest BCUT2D eigenvalue weighted by atomic mass is 79.9. The highest BCUT2D eigenvalue weighted by Crippen LogP contribution is 2.30. The number of hydrogen-bond donors (Lipinski definition) is 2. The molecule has 0 aliphatic rings. The molecule has 0 spiro atoms. The number of halogens is 2. The molecule has 4 nitrogen and oxygen atoms in total. The van der Waals surface area contributed by atoms with Crippen LogP contribution < -0.4 is 5.73 Å². The Hall–Kier alpha value is -1.40. The van der Waals surface area contributed by atoms with Crippen LogP contribution in [0.25, 0.3) is 22.6 Å². The zero-order valence-corrected chi connectivity index (χ0v) is 12.3.